The second kappa shape index (κ2) is 7.46. The minimum absolute atomic E-state index is 0.0352. The molecule has 2 saturated heterocycles. The summed E-state index contributed by atoms with van der Waals surface area (Å²) < 4.78 is 1.95. The second-order valence-electron chi connectivity index (χ2n) is 7.40. The van der Waals surface area contributed by atoms with Crippen LogP contribution in [0.2, 0.25) is 0 Å². The zero-order chi connectivity index (χ0) is 18.8. The van der Waals surface area contributed by atoms with Gasteiger partial charge in [-0.3, -0.25) is 14.6 Å². The molecule has 2 aromatic rings. The van der Waals surface area contributed by atoms with Crippen molar-refractivity contribution < 1.29 is 9.59 Å². The lowest BCUT2D eigenvalue weighted by atomic mass is 9.94. The van der Waals surface area contributed by atoms with Crippen molar-refractivity contribution in [2.24, 2.45) is 13.0 Å². The topological polar surface area (TPSA) is 84.2 Å². The lowest BCUT2D eigenvalue weighted by Crippen LogP contribution is -2.42. The molecule has 0 saturated carbocycles. The smallest absolute Gasteiger partial charge is 0.227 e. The van der Waals surface area contributed by atoms with Crippen molar-refractivity contribution in [2.45, 2.75) is 31.7 Å². The second-order valence-corrected chi connectivity index (χ2v) is 7.40. The van der Waals surface area contributed by atoms with E-state index in [0.29, 0.717) is 38.5 Å². The Kier molecular flexibility index (Phi) is 4.87. The number of carbonyl (C=O) groups is 2. The number of likely N-dealkylation sites (tertiary alicyclic amines) is 2. The number of aryl methyl sites for hydroxylation is 1. The predicted octanol–water partition coefficient (Wildman–Crippen LogP) is 0.965. The number of piperidine rings is 1. The highest BCUT2D eigenvalue weighted by atomic mass is 16.2. The fourth-order valence-electron chi connectivity index (χ4n) is 4.06. The Hall–Kier alpha value is -2.77. The van der Waals surface area contributed by atoms with E-state index in [2.05, 4.69) is 15.2 Å². The molecule has 0 aromatic carbocycles. The van der Waals surface area contributed by atoms with Gasteiger partial charge in [0.25, 0.3) is 0 Å². The number of rotatable bonds is 4. The molecule has 4 rings (SSSR count). The van der Waals surface area contributed by atoms with Crippen LogP contribution in [0, 0.1) is 5.92 Å². The Bertz CT molecular complexity index is 813. The van der Waals surface area contributed by atoms with E-state index >= 15 is 0 Å². The summed E-state index contributed by atoms with van der Waals surface area (Å²) in [6, 6.07) is 5.67. The summed E-state index contributed by atoms with van der Waals surface area (Å²) in [4.78, 5) is 33.2. The number of hydrogen-bond donors (Lipinski definition) is 0. The summed E-state index contributed by atoms with van der Waals surface area (Å²) in [5, 5.41) is 8.15. The third-order valence-electron chi connectivity index (χ3n) is 5.56. The lowest BCUT2D eigenvalue weighted by molar-refractivity contribution is -0.136. The van der Waals surface area contributed by atoms with Crippen LogP contribution in [0.5, 0.6) is 0 Å². The molecule has 0 bridgehead atoms. The van der Waals surface area contributed by atoms with Gasteiger partial charge in [0.05, 0.1) is 18.2 Å². The highest BCUT2D eigenvalue weighted by molar-refractivity contribution is 5.89. The summed E-state index contributed by atoms with van der Waals surface area (Å²) >= 11 is 0. The summed E-state index contributed by atoms with van der Waals surface area (Å²) in [7, 11) is 1.95. The molecule has 1 unspecified atom stereocenters. The van der Waals surface area contributed by atoms with Crippen molar-refractivity contribution >= 4 is 11.8 Å². The van der Waals surface area contributed by atoms with E-state index < -0.39 is 0 Å². The van der Waals surface area contributed by atoms with Crippen LogP contribution >= 0.6 is 0 Å². The highest BCUT2D eigenvalue weighted by Crippen LogP contribution is 2.29. The zero-order valence-corrected chi connectivity index (χ0v) is 15.5. The largest absolute Gasteiger partial charge is 0.342 e. The average molecular weight is 368 g/mol. The quantitative estimate of drug-likeness (QED) is 0.803. The fourth-order valence-corrected chi connectivity index (χ4v) is 4.06. The molecule has 4 heterocycles. The van der Waals surface area contributed by atoms with E-state index in [-0.39, 0.29) is 17.7 Å². The fraction of sp³-hybridized carbons (Fsp3) is 0.526. The molecule has 2 aliphatic heterocycles. The first-order chi connectivity index (χ1) is 13.1. The van der Waals surface area contributed by atoms with Crippen LogP contribution < -0.4 is 0 Å². The van der Waals surface area contributed by atoms with Gasteiger partial charge in [-0.15, -0.1) is 10.2 Å². The molecule has 0 radical (unpaired) electrons. The minimum Gasteiger partial charge on any atom is -0.342 e. The Morgan fingerprint density at radius 1 is 1.26 bits per heavy atom. The van der Waals surface area contributed by atoms with E-state index in [0.717, 1.165) is 24.4 Å². The van der Waals surface area contributed by atoms with Gasteiger partial charge in [0.15, 0.2) is 0 Å². The Morgan fingerprint density at radius 3 is 2.74 bits per heavy atom. The monoisotopic (exact) mass is 368 g/mol. The molecule has 0 spiro atoms. The lowest BCUT2D eigenvalue weighted by Gasteiger charge is -2.33. The number of amides is 2. The number of aromatic nitrogens is 4. The molecule has 142 valence electrons. The average Bonchev–Trinajstić information content (AvgIpc) is 3.28. The standard InChI is InChI=1S/C19H24N6O2/c1-23-13-21-22-18(23)14-5-8-24(9-6-14)19(27)15-10-17(26)25(11-15)12-16-4-2-3-7-20-16/h2-4,7,13-15H,5-6,8-12H2,1H3. The first kappa shape index (κ1) is 17.6. The maximum Gasteiger partial charge on any atom is 0.227 e. The van der Waals surface area contributed by atoms with Crippen LogP contribution in [-0.2, 0) is 23.2 Å². The Morgan fingerprint density at radius 2 is 2.07 bits per heavy atom. The molecule has 1 atom stereocenters. The van der Waals surface area contributed by atoms with Gasteiger partial charge >= 0.3 is 0 Å². The third kappa shape index (κ3) is 3.70. The van der Waals surface area contributed by atoms with Crippen LogP contribution in [0.1, 0.15) is 36.7 Å². The van der Waals surface area contributed by atoms with Gasteiger partial charge in [-0.25, -0.2) is 0 Å². The Labute approximate surface area is 158 Å². The number of carbonyl (C=O) groups excluding carboxylic acids is 2. The molecule has 0 N–H and O–H groups in total. The van der Waals surface area contributed by atoms with Crippen LogP contribution in [0.3, 0.4) is 0 Å². The summed E-state index contributed by atoms with van der Waals surface area (Å²) in [5.41, 5.74) is 0.850. The molecular formula is C19H24N6O2. The minimum atomic E-state index is -0.243. The summed E-state index contributed by atoms with van der Waals surface area (Å²) in [6.45, 7) is 2.37. The Balaban J connectivity index is 1.33. The highest BCUT2D eigenvalue weighted by Gasteiger charge is 2.38. The molecule has 8 nitrogen and oxygen atoms in total. The summed E-state index contributed by atoms with van der Waals surface area (Å²) in [5.74, 6) is 1.22. The molecule has 2 aliphatic rings. The normalized spacial score (nSPS) is 21.1. The van der Waals surface area contributed by atoms with Gasteiger partial charge in [-0.05, 0) is 25.0 Å². The van der Waals surface area contributed by atoms with E-state index in [1.54, 1.807) is 17.4 Å². The molecule has 2 amide bonds. The molecule has 2 aromatic heterocycles. The first-order valence-corrected chi connectivity index (χ1v) is 9.42. The van der Waals surface area contributed by atoms with Crippen molar-refractivity contribution in [2.75, 3.05) is 19.6 Å². The number of hydrogen-bond acceptors (Lipinski definition) is 5. The van der Waals surface area contributed by atoms with Crippen molar-refractivity contribution in [3.63, 3.8) is 0 Å². The van der Waals surface area contributed by atoms with E-state index in [9.17, 15) is 9.59 Å². The van der Waals surface area contributed by atoms with Gasteiger partial charge in [0, 0.05) is 45.2 Å². The molecular weight excluding hydrogens is 344 g/mol. The summed E-state index contributed by atoms with van der Waals surface area (Å²) in [6.07, 6.45) is 5.51. The van der Waals surface area contributed by atoms with Gasteiger partial charge < -0.3 is 14.4 Å². The molecule has 0 aliphatic carbocycles. The zero-order valence-electron chi connectivity index (χ0n) is 15.5. The maximum absolute atomic E-state index is 12.9. The van der Waals surface area contributed by atoms with Crippen LogP contribution in [0.4, 0.5) is 0 Å². The van der Waals surface area contributed by atoms with Crippen LogP contribution in [-0.4, -0.2) is 61.0 Å². The van der Waals surface area contributed by atoms with Crippen molar-refractivity contribution in [1.82, 2.24) is 29.5 Å². The molecule has 8 heteroatoms. The van der Waals surface area contributed by atoms with E-state index in [4.69, 9.17) is 0 Å². The number of nitrogens with zero attached hydrogens (tertiary/aromatic N) is 6. The van der Waals surface area contributed by atoms with E-state index in [1.807, 2.05) is 34.7 Å². The maximum atomic E-state index is 12.9. The van der Waals surface area contributed by atoms with Crippen LogP contribution in [0.25, 0.3) is 0 Å². The van der Waals surface area contributed by atoms with Crippen molar-refractivity contribution in [3.05, 3.63) is 42.2 Å². The van der Waals surface area contributed by atoms with Gasteiger partial charge in [-0.2, -0.15) is 0 Å². The van der Waals surface area contributed by atoms with Gasteiger partial charge in [-0.1, -0.05) is 6.07 Å². The molecule has 27 heavy (non-hydrogen) atoms. The predicted molar refractivity (Wildman–Crippen MR) is 97.3 cm³/mol. The number of pyridine rings is 1. The van der Waals surface area contributed by atoms with Crippen molar-refractivity contribution in [1.29, 1.82) is 0 Å². The third-order valence-corrected chi connectivity index (χ3v) is 5.56. The van der Waals surface area contributed by atoms with Gasteiger partial charge in [0.2, 0.25) is 11.8 Å². The van der Waals surface area contributed by atoms with E-state index in [1.165, 1.54) is 0 Å². The van der Waals surface area contributed by atoms with Crippen molar-refractivity contribution in [3.8, 4) is 0 Å². The molecule has 2 fully saturated rings. The van der Waals surface area contributed by atoms with Crippen LogP contribution in [0.15, 0.2) is 30.7 Å². The SMILES string of the molecule is Cn1cnnc1C1CCN(C(=O)C2CC(=O)N(Cc3ccccn3)C2)CC1. The first-order valence-electron chi connectivity index (χ1n) is 9.42. The van der Waals surface area contributed by atoms with Gasteiger partial charge in [0.1, 0.15) is 12.2 Å².